The molecule has 1 aromatic carbocycles. The van der Waals surface area contributed by atoms with Gasteiger partial charge < -0.3 is 5.32 Å². The van der Waals surface area contributed by atoms with Gasteiger partial charge in [-0.3, -0.25) is 9.78 Å². The summed E-state index contributed by atoms with van der Waals surface area (Å²) in [5.74, 6) is -0.700. The third-order valence-corrected chi connectivity index (χ3v) is 6.09. The number of aryl methyl sites for hydroxylation is 1. The van der Waals surface area contributed by atoms with E-state index in [2.05, 4.69) is 10.3 Å². The number of hydrogen-bond acceptors (Lipinski definition) is 4. The van der Waals surface area contributed by atoms with Crippen molar-refractivity contribution in [2.75, 3.05) is 6.54 Å². The first-order chi connectivity index (χ1) is 12.4. The lowest BCUT2D eigenvalue weighted by atomic mass is 10.1. The normalized spacial score (nSPS) is 14.4. The minimum absolute atomic E-state index is 0.0776. The van der Waals surface area contributed by atoms with Gasteiger partial charge in [0.1, 0.15) is 10.7 Å². The molecule has 1 fully saturated rings. The molecular weight excluding hydrogens is 357 g/mol. The highest BCUT2D eigenvalue weighted by Crippen LogP contribution is 2.31. The first-order valence-corrected chi connectivity index (χ1v) is 9.75. The summed E-state index contributed by atoms with van der Waals surface area (Å²) in [5.41, 5.74) is 1.25. The maximum absolute atomic E-state index is 13.3. The van der Waals surface area contributed by atoms with E-state index in [0.29, 0.717) is 5.56 Å². The van der Waals surface area contributed by atoms with Gasteiger partial charge >= 0.3 is 0 Å². The summed E-state index contributed by atoms with van der Waals surface area (Å²) in [4.78, 5) is 16.2. The first kappa shape index (κ1) is 18.5. The van der Waals surface area contributed by atoms with Crippen molar-refractivity contribution in [3.8, 4) is 0 Å². The number of nitrogens with one attached hydrogen (secondary N) is 1. The molecule has 1 amide bonds. The van der Waals surface area contributed by atoms with Crippen LogP contribution in [-0.2, 0) is 21.4 Å². The summed E-state index contributed by atoms with van der Waals surface area (Å²) in [6.45, 7) is 1.61. The van der Waals surface area contributed by atoms with Crippen molar-refractivity contribution < 1.29 is 17.6 Å². The molecule has 6 nitrogen and oxygen atoms in total. The number of carbonyl (C=O) groups excluding carboxylic acids is 1. The molecule has 2 aromatic rings. The summed E-state index contributed by atoms with van der Waals surface area (Å²) in [6.07, 6.45) is 4.26. The first-order valence-electron chi connectivity index (χ1n) is 8.31. The quantitative estimate of drug-likeness (QED) is 0.800. The molecule has 1 heterocycles. The Kier molecular flexibility index (Phi) is 5.33. The Morgan fingerprint density at radius 1 is 1.35 bits per heavy atom. The number of amides is 1. The van der Waals surface area contributed by atoms with Gasteiger partial charge in [0.2, 0.25) is 15.9 Å². The molecule has 0 unspecified atom stereocenters. The number of benzene rings is 1. The molecular formula is C18H20FN3O3S. The SMILES string of the molecule is Cc1cc(CNC(=O)CN(C2CC2)S(=O)(=O)c2cccnc2)ccc1F. The Hall–Kier alpha value is -2.32. The highest BCUT2D eigenvalue weighted by Gasteiger charge is 2.39. The van der Waals surface area contributed by atoms with E-state index in [-0.39, 0.29) is 29.8 Å². The molecule has 1 saturated carbocycles. The predicted molar refractivity (Wildman–Crippen MR) is 94.1 cm³/mol. The molecule has 0 saturated heterocycles. The Bertz CT molecular complexity index is 899. The highest BCUT2D eigenvalue weighted by molar-refractivity contribution is 7.89. The molecule has 1 aliphatic carbocycles. The van der Waals surface area contributed by atoms with Gasteiger partial charge in [0.15, 0.2) is 0 Å². The fraction of sp³-hybridized carbons (Fsp3) is 0.333. The van der Waals surface area contributed by atoms with Crippen molar-refractivity contribution in [3.05, 3.63) is 59.7 Å². The summed E-state index contributed by atoms with van der Waals surface area (Å²) in [6, 6.07) is 7.46. The van der Waals surface area contributed by atoms with Crippen LogP contribution < -0.4 is 5.32 Å². The second-order valence-corrected chi connectivity index (χ2v) is 8.22. The second kappa shape index (κ2) is 7.51. The van der Waals surface area contributed by atoms with Crippen molar-refractivity contribution in [3.63, 3.8) is 0 Å². The highest BCUT2D eigenvalue weighted by atomic mass is 32.2. The molecule has 1 aliphatic rings. The fourth-order valence-corrected chi connectivity index (χ4v) is 4.23. The van der Waals surface area contributed by atoms with Gasteiger partial charge in [-0.05, 0) is 49.1 Å². The lowest BCUT2D eigenvalue weighted by Crippen LogP contribution is -2.41. The van der Waals surface area contributed by atoms with E-state index < -0.39 is 15.9 Å². The topological polar surface area (TPSA) is 79.4 Å². The fourth-order valence-electron chi connectivity index (χ4n) is 2.62. The monoisotopic (exact) mass is 377 g/mol. The van der Waals surface area contributed by atoms with Crippen molar-refractivity contribution in [1.82, 2.24) is 14.6 Å². The van der Waals surface area contributed by atoms with Crippen LogP contribution in [0.3, 0.4) is 0 Å². The number of carbonyl (C=O) groups is 1. The molecule has 0 radical (unpaired) electrons. The molecule has 0 spiro atoms. The molecule has 8 heteroatoms. The maximum atomic E-state index is 13.3. The van der Waals surface area contributed by atoms with E-state index in [4.69, 9.17) is 0 Å². The smallest absolute Gasteiger partial charge is 0.245 e. The lowest BCUT2D eigenvalue weighted by Gasteiger charge is -2.21. The van der Waals surface area contributed by atoms with E-state index in [1.807, 2.05) is 0 Å². The van der Waals surface area contributed by atoms with Gasteiger partial charge in [0, 0.05) is 25.0 Å². The summed E-state index contributed by atoms with van der Waals surface area (Å²) < 4.78 is 40.1. The van der Waals surface area contributed by atoms with E-state index >= 15 is 0 Å². The van der Waals surface area contributed by atoms with E-state index in [1.165, 1.54) is 28.8 Å². The number of pyridine rings is 1. The number of aromatic nitrogens is 1. The zero-order valence-corrected chi connectivity index (χ0v) is 15.2. The Labute approximate surface area is 152 Å². The van der Waals surface area contributed by atoms with Crippen molar-refractivity contribution in [1.29, 1.82) is 0 Å². The predicted octanol–water partition coefficient (Wildman–Crippen LogP) is 2.00. The summed E-state index contributed by atoms with van der Waals surface area (Å²) >= 11 is 0. The second-order valence-electron chi connectivity index (χ2n) is 6.33. The van der Waals surface area contributed by atoms with Crippen LogP contribution >= 0.6 is 0 Å². The molecule has 26 heavy (non-hydrogen) atoms. The van der Waals surface area contributed by atoms with Crippen LogP contribution in [0.15, 0.2) is 47.6 Å². The molecule has 1 aromatic heterocycles. The van der Waals surface area contributed by atoms with Crippen molar-refractivity contribution in [2.45, 2.75) is 37.2 Å². The van der Waals surface area contributed by atoms with Crippen LogP contribution in [0.4, 0.5) is 4.39 Å². The summed E-state index contributed by atoms with van der Waals surface area (Å²) in [5, 5.41) is 2.70. The maximum Gasteiger partial charge on any atom is 0.245 e. The van der Waals surface area contributed by atoms with Crippen molar-refractivity contribution >= 4 is 15.9 Å². The average Bonchev–Trinajstić information content (AvgIpc) is 3.46. The van der Waals surface area contributed by atoms with Gasteiger partial charge in [0.25, 0.3) is 0 Å². The number of hydrogen-bond donors (Lipinski definition) is 1. The zero-order chi connectivity index (χ0) is 18.7. The Morgan fingerprint density at radius 3 is 2.73 bits per heavy atom. The lowest BCUT2D eigenvalue weighted by molar-refractivity contribution is -0.121. The van der Waals surface area contributed by atoms with Crippen LogP contribution in [0.2, 0.25) is 0 Å². The standard InChI is InChI=1S/C18H20FN3O3S/c1-13-9-14(4-7-17(13)19)10-21-18(23)12-22(15-5-6-15)26(24,25)16-3-2-8-20-11-16/h2-4,7-9,11,15H,5-6,10,12H2,1H3,(H,21,23). The Morgan fingerprint density at radius 2 is 2.12 bits per heavy atom. The molecule has 3 rings (SSSR count). The third-order valence-electron chi connectivity index (χ3n) is 4.21. The van der Waals surface area contributed by atoms with Gasteiger partial charge in [-0.25, -0.2) is 12.8 Å². The van der Waals surface area contributed by atoms with Crippen LogP contribution in [-0.4, -0.2) is 36.2 Å². The number of sulfonamides is 1. The van der Waals surface area contributed by atoms with E-state index in [1.54, 1.807) is 25.1 Å². The van der Waals surface area contributed by atoms with E-state index in [9.17, 15) is 17.6 Å². The van der Waals surface area contributed by atoms with Crippen LogP contribution in [0.25, 0.3) is 0 Å². The van der Waals surface area contributed by atoms with Crippen LogP contribution in [0.1, 0.15) is 24.0 Å². The average molecular weight is 377 g/mol. The summed E-state index contributed by atoms with van der Waals surface area (Å²) in [7, 11) is -3.77. The molecule has 0 aliphatic heterocycles. The zero-order valence-electron chi connectivity index (χ0n) is 14.4. The number of nitrogens with zero attached hydrogens (tertiary/aromatic N) is 2. The van der Waals surface area contributed by atoms with Crippen molar-refractivity contribution in [2.24, 2.45) is 0 Å². The minimum atomic E-state index is -3.77. The van der Waals surface area contributed by atoms with Gasteiger partial charge in [-0.2, -0.15) is 4.31 Å². The molecule has 0 atom stereocenters. The van der Waals surface area contributed by atoms with E-state index in [0.717, 1.165) is 18.4 Å². The molecule has 138 valence electrons. The van der Waals surface area contributed by atoms with Gasteiger partial charge in [-0.15, -0.1) is 0 Å². The third kappa shape index (κ3) is 4.25. The van der Waals surface area contributed by atoms with Crippen LogP contribution in [0.5, 0.6) is 0 Å². The number of halogens is 1. The largest absolute Gasteiger partial charge is 0.351 e. The van der Waals surface area contributed by atoms with Crippen LogP contribution in [0, 0.1) is 12.7 Å². The molecule has 1 N–H and O–H groups in total. The molecule has 0 bridgehead atoms. The van der Waals surface area contributed by atoms with Gasteiger partial charge in [-0.1, -0.05) is 12.1 Å². The number of rotatable bonds is 7. The van der Waals surface area contributed by atoms with Gasteiger partial charge in [0.05, 0.1) is 6.54 Å². The Balaban J connectivity index is 1.66. The minimum Gasteiger partial charge on any atom is -0.351 e.